The molecule has 0 atom stereocenters. The van der Waals surface area contributed by atoms with Crippen LogP contribution in [0, 0.1) is 5.41 Å². The molecular formula is C21H22N6O2S. The number of benzene rings is 2. The van der Waals surface area contributed by atoms with Crippen molar-refractivity contribution in [3.63, 3.8) is 0 Å². The number of phenolic OH excluding ortho intramolecular Hbond substituents is 1. The Balaban J connectivity index is 1.73. The molecule has 0 unspecified atom stereocenters. The van der Waals surface area contributed by atoms with Gasteiger partial charge < -0.3 is 26.5 Å². The normalized spacial score (nSPS) is 14.5. The van der Waals surface area contributed by atoms with Gasteiger partial charge in [-0.2, -0.15) is 4.98 Å². The largest absolute Gasteiger partial charge is 0.508 e. The zero-order chi connectivity index (χ0) is 21.1. The minimum Gasteiger partial charge on any atom is -0.508 e. The van der Waals surface area contributed by atoms with Gasteiger partial charge in [-0.25, -0.2) is 4.98 Å². The standard InChI is InChI=1S/C21H22N6O2S/c22-13-15-10-16(4-5-18(15)23)24-20-12-19(14-2-1-3-17(28)11-14)25-21(26-20)27-6-8-30(29)9-7-27/h1-5,10-13,22,28H,6-9,23H2,(H,24,25,26). The molecule has 0 radical (unpaired) electrons. The van der Waals surface area contributed by atoms with Crippen molar-refractivity contribution in [1.29, 1.82) is 5.41 Å². The number of anilines is 4. The highest BCUT2D eigenvalue weighted by atomic mass is 32.2. The summed E-state index contributed by atoms with van der Waals surface area (Å²) in [5, 5.41) is 20.6. The second kappa shape index (κ2) is 8.50. The molecule has 1 fully saturated rings. The third-order valence-electron chi connectivity index (χ3n) is 4.83. The second-order valence-electron chi connectivity index (χ2n) is 6.94. The molecular weight excluding hydrogens is 400 g/mol. The number of nitrogen functional groups attached to an aromatic ring is 1. The van der Waals surface area contributed by atoms with E-state index in [0.29, 0.717) is 53.3 Å². The van der Waals surface area contributed by atoms with Crippen LogP contribution in [0.1, 0.15) is 5.56 Å². The molecule has 2 aromatic carbocycles. The molecule has 1 saturated heterocycles. The minimum absolute atomic E-state index is 0.157. The topological polar surface area (TPSA) is 128 Å². The van der Waals surface area contributed by atoms with Gasteiger partial charge in [0.05, 0.1) is 5.69 Å². The summed E-state index contributed by atoms with van der Waals surface area (Å²) < 4.78 is 11.7. The lowest BCUT2D eigenvalue weighted by atomic mass is 10.1. The molecule has 3 aromatic rings. The Morgan fingerprint density at radius 2 is 1.93 bits per heavy atom. The van der Waals surface area contributed by atoms with E-state index in [1.807, 2.05) is 17.0 Å². The maximum Gasteiger partial charge on any atom is 0.227 e. The number of nitrogens with two attached hydrogens (primary N) is 1. The van der Waals surface area contributed by atoms with Crippen molar-refractivity contribution in [2.24, 2.45) is 0 Å². The first-order valence-corrected chi connectivity index (χ1v) is 11.0. The highest BCUT2D eigenvalue weighted by Gasteiger charge is 2.19. The number of rotatable bonds is 5. The molecule has 2 heterocycles. The summed E-state index contributed by atoms with van der Waals surface area (Å²) in [6.07, 6.45) is 1.21. The van der Waals surface area contributed by atoms with E-state index in [4.69, 9.17) is 16.1 Å². The quantitative estimate of drug-likeness (QED) is 0.368. The summed E-state index contributed by atoms with van der Waals surface area (Å²) in [6.45, 7) is 1.24. The van der Waals surface area contributed by atoms with Crippen LogP contribution in [0.15, 0.2) is 48.5 Å². The van der Waals surface area contributed by atoms with Crippen molar-refractivity contribution < 1.29 is 9.32 Å². The van der Waals surface area contributed by atoms with Crippen LogP contribution in [0.2, 0.25) is 0 Å². The predicted molar refractivity (Wildman–Crippen MR) is 121 cm³/mol. The van der Waals surface area contributed by atoms with Crippen molar-refractivity contribution >= 4 is 40.2 Å². The van der Waals surface area contributed by atoms with E-state index >= 15 is 0 Å². The van der Waals surface area contributed by atoms with Gasteiger partial charge in [0.15, 0.2) is 0 Å². The van der Waals surface area contributed by atoms with E-state index in [0.717, 1.165) is 11.3 Å². The maximum atomic E-state index is 11.7. The van der Waals surface area contributed by atoms with E-state index < -0.39 is 10.8 Å². The van der Waals surface area contributed by atoms with Gasteiger partial charge in [0.25, 0.3) is 0 Å². The third kappa shape index (κ3) is 4.41. The van der Waals surface area contributed by atoms with Crippen LogP contribution in [-0.2, 0) is 10.8 Å². The first kappa shape index (κ1) is 19.8. The molecule has 0 spiro atoms. The van der Waals surface area contributed by atoms with E-state index in [1.54, 1.807) is 36.4 Å². The monoisotopic (exact) mass is 422 g/mol. The molecule has 1 aliphatic rings. The lowest BCUT2D eigenvalue weighted by Crippen LogP contribution is -2.38. The van der Waals surface area contributed by atoms with Gasteiger partial charge in [0.1, 0.15) is 11.6 Å². The third-order valence-corrected chi connectivity index (χ3v) is 6.11. The maximum absolute atomic E-state index is 11.7. The molecule has 1 aromatic heterocycles. The van der Waals surface area contributed by atoms with E-state index in [9.17, 15) is 9.32 Å². The number of aromatic hydroxyl groups is 1. The van der Waals surface area contributed by atoms with Gasteiger partial charge >= 0.3 is 0 Å². The van der Waals surface area contributed by atoms with Crippen molar-refractivity contribution in [1.82, 2.24) is 9.97 Å². The van der Waals surface area contributed by atoms with Crippen molar-refractivity contribution in [2.45, 2.75) is 0 Å². The van der Waals surface area contributed by atoms with Crippen LogP contribution >= 0.6 is 0 Å². The molecule has 0 saturated carbocycles. The number of hydrogen-bond donors (Lipinski definition) is 4. The molecule has 0 bridgehead atoms. The Kier molecular flexibility index (Phi) is 5.62. The van der Waals surface area contributed by atoms with Crippen LogP contribution < -0.4 is 16.0 Å². The fourth-order valence-electron chi connectivity index (χ4n) is 3.22. The summed E-state index contributed by atoms with van der Waals surface area (Å²) in [7, 11) is -0.801. The number of aromatic nitrogens is 2. The van der Waals surface area contributed by atoms with Gasteiger partial charge in [-0.1, -0.05) is 12.1 Å². The summed E-state index contributed by atoms with van der Waals surface area (Å²) in [5.74, 6) is 2.44. The Hall–Kier alpha value is -3.46. The summed E-state index contributed by atoms with van der Waals surface area (Å²) >= 11 is 0. The van der Waals surface area contributed by atoms with Crippen molar-refractivity contribution in [2.75, 3.05) is 40.5 Å². The molecule has 8 nitrogen and oxygen atoms in total. The molecule has 0 aliphatic carbocycles. The lowest BCUT2D eigenvalue weighted by molar-refractivity contribution is 0.475. The van der Waals surface area contributed by atoms with E-state index in [1.165, 1.54) is 6.21 Å². The minimum atomic E-state index is -0.801. The van der Waals surface area contributed by atoms with Gasteiger partial charge in [0.2, 0.25) is 5.95 Å². The van der Waals surface area contributed by atoms with E-state index in [2.05, 4.69) is 10.3 Å². The SMILES string of the molecule is N=Cc1cc(Nc2cc(-c3cccc(O)c3)nc(N3CCS(=O)CC3)n2)ccc1N. The summed E-state index contributed by atoms with van der Waals surface area (Å²) in [4.78, 5) is 11.4. The number of hydrogen-bond acceptors (Lipinski definition) is 8. The fraction of sp³-hybridized carbons (Fsp3) is 0.190. The van der Waals surface area contributed by atoms with Crippen LogP contribution in [-0.4, -0.2) is 50.1 Å². The zero-order valence-electron chi connectivity index (χ0n) is 16.2. The zero-order valence-corrected chi connectivity index (χ0v) is 17.0. The summed E-state index contributed by atoms with van der Waals surface area (Å²) in [5.41, 5.74) is 9.19. The first-order valence-electron chi connectivity index (χ1n) is 9.47. The van der Waals surface area contributed by atoms with Gasteiger partial charge in [0, 0.05) is 70.2 Å². The predicted octanol–water partition coefficient (Wildman–Crippen LogP) is 2.74. The van der Waals surface area contributed by atoms with Crippen LogP contribution in [0.25, 0.3) is 11.3 Å². The van der Waals surface area contributed by atoms with Gasteiger partial charge in [-0.15, -0.1) is 0 Å². The highest BCUT2D eigenvalue weighted by Crippen LogP contribution is 2.28. The Morgan fingerprint density at radius 1 is 1.13 bits per heavy atom. The molecule has 5 N–H and O–H groups in total. The number of nitrogens with one attached hydrogen (secondary N) is 2. The van der Waals surface area contributed by atoms with Gasteiger partial charge in [-0.05, 0) is 30.3 Å². The van der Waals surface area contributed by atoms with Crippen LogP contribution in [0.3, 0.4) is 0 Å². The molecule has 30 heavy (non-hydrogen) atoms. The lowest BCUT2D eigenvalue weighted by Gasteiger charge is -2.27. The molecule has 0 amide bonds. The first-order chi connectivity index (χ1) is 14.5. The Morgan fingerprint density at radius 3 is 2.67 bits per heavy atom. The summed E-state index contributed by atoms with van der Waals surface area (Å²) in [6, 6.07) is 14.0. The Bertz CT molecular complexity index is 1110. The average molecular weight is 423 g/mol. The second-order valence-corrected chi connectivity index (χ2v) is 8.63. The molecule has 9 heteroatoms. The van der Waals surface area contributed by atoms with Crippen LogP contribution in [0.5, 0.6) is 5.75 Å². The van der Waals surface area contributed by atoms with E-state index in [-0.39, 0.29) is 5.75 Å². The van der Waals surface area contributed by atoms with Gasteiger partial charge in [-0.3, -0.25) is 4.21 Å². The fourth-order valence-corrected chi connectivity index (χ4v) is 4.27. The van der Waals surface area contributed by atoms with Crippen LogP contribution in [0.4, 0.5) is 23.1 Å². The van der Waals surface area contributed by atoms with Crippen molar-refractivity contribution in [3.05, 3.63) is 54.1 Å². The average Bonchev–Trinajstić information content (AvgIpc) is 2.75. The smallest absolute Gasteiger partial charge is 0.227 e. The molecule has 1 aliphatic heterocycles. The number of phenols is 1. The molecule has 154 valence electrons. The van der Waals surface area contributed by atoms with Crippen molar-refractivity contribution in [3.8, 4) is 17.0 Å². The number of nitrogens with zero attached hydrogens (tertiary/aromatic N) is 3. The molecule has 4 rings (SSSR count). The Labute approximate surface area is 176 Å². The highest BCUT2D eigenvalue weighted by molar-refractivity contribution is 7.85.